The van der Waals surface area contributed by atoms with E-state index in [2.05, 4.69) is 0 Å². The minimum atomic E-state index is -0.848. The van der Waals surface area contributed by atoms with Crippen molar-refractivity contribution in [3.8, 4) is 0 Å². The van der Waals surface area contributed by atoms with Gasteiger partial charge in [-0.25, -0.2) is 0 Å². The quantitative estimate of drug-likeness (QED) is 0.431. The van der Waals surface area contributed by atoms with Crippen LogP contribution in [0.4, 0.5) is 0 Å². The highest BCUT2D eigenvalue weighted by molar-refractivity contribution is 5.13. The third-order valence-corrected chi connectivity index (χ3v) is 1.80. The summed E-state index contributed by atoms with van der Waals surface area (Å²) in [5, 5.41) is 26.9. The van der Waals surface area contributed by atoms with Crippen LogP contribution in [0.1, 0.15) is 12.8 Å². The van der Waals surface area contributed by atoms with Gasteiger partial charge in [0, 0.05) is 0 Å². The molecule has 0 unspecified atom stereocenters. The van der Waals surface area contributed by atoms with E-state index in [0.717, 1.165) is 6.42 Å². The van der Waals surface area contributed by atoms with Crippen LogP contribution in [0.5, 0.6) is 0 Å². The Morgan fingerprint density at radius 3 is 2.70 bits per heavy atom. The molecule has 0 saturated heterocycles. The molecule has 3 N–H and O–H groups in total. The molecule has 2 atom stereocenters. The van der Waals surface area contributed by atoms with Gasteiger partial charge in [-0.15, -0.1) is 0 Å². The standard InChI is InChI=1S/C7H12O3/c8-4-5-2-1-3-6(9)7(5)10/h2,6-10H,1,3-4H2/t6-,7-/m1/s1. The molecule has 0 radical (unpaired) electrons. The number of hydrogen-bond acceptors (Lipinski definition) is 3. The zero-order chi connectivity index (χ0) is 7.56. The maximum absolute atomic E-state index is 9.16. The minimum Gasteiger partial charge on any atom is -0.392 e. The third kappa shape index (κ3) is 1.37. The largest absolute Gasteiger partial charge is 0.392 e. The molecular formula is C7H12O3. The topological polar surface area (TPSA) is 60.7 Å². The molecule has 0 aromatic carbocycles. The average molecular weight is 144 g/mol. The van der Waals surface area contributed by atoms with Crippen molar-refractivity contribution < 1.29 is 15.3 Å². The van der Waals surface area contributed by atoms with Crippen molar-refractivity contribution in [2.24, 2.45) is 0 Å². The maximum atomic E-state index is 9.16. The van der Waals surface area contributed by atoms with Crippen LogP contribution in [-0.2, 0) is 0 Å². The van der Waals surface area contributed by atoms with Gasteiger partial charge in [-0.05, 0) is 18.4 Å². The lowest BCUT2D eigenvalue weighted by Gasteiger charge is -2.23. The summed E-state index contributed by atoms with van der Waals surface area (Å²) in [6.07, 6.45) is 1.57. The smallest absolute Gasteiger partial charge is 0.103 e. The molecule has 58 valence electrons. The number of aliphatic hydroxyl groups is 3. The second kappa shape index (κ2) is 3.14. The van der Waals surface area contributed by atoms with Gasteiger partial charge in [0.25, 0.3) is 0 Å². The van der Waals surface area contributed by atoms with Gasteiger partial charge in [0.15, 0.2) is 0 Å². The molecule has 0 aromatic heterocycles. The second-order valence-corrected chi connectivity index (χ2v) is 2.53. The van der Waals surface area contributed by atoms with Crippen LogP contribution >= 0.6 is 0 Å². The van der Waals surface area contributed by atoms with Crippen molar-refractivity contribution in [1.29, 1.82) is 0 Å². The maximum Gasteiger partial charge on any atom is 0.103 e. The first-order valence-corrected chi connectivity index (χ1v) is 3.41. The molecule has 10 heavy (non-hydrogen) atoms. The summed E-state index contributed by atoms with van der Waals surface area (Å²) >= 11 is 0. The Kier molecular flexibility index (Phi) is 2.43. The SMILES string of the molecule is OCC1=CCC[C@@H](O)[C@@H]1O. The van der Waals surface area contributed by atoms with Crippen LogP contribution < -0.4 is 0 Å². The molecule has 0 amide bonds. The molecular weight excluding hydrogens is 132 g/mol. The van der Waals surface area contributed by atoms with Gasteiger partial charge in [-0.3, -0.25) is 0 Å². The van der Waals surface area contributed by atoms with Gasteiger partial charge in [0.05, 0.1) is 12.7 Å². The van der Waals surface area contributed by atoms with Crippen molar-refractivity contribution in [1.82, 2.24) is 0 Å². The predicted octanol–water partition coefficient (Wildman–Crippen LogP) is -0.579. The lowest BCUT2D eigenvalue weighted by molar-refractivity contribution is 0.0251. The summed E-state index contributed by atoms with van der Waals surface area (Å²) in [5.74, 6) is 0. The molecule has 0 spiro atoms. The Morgan fingerprint density at radius 1 is 1.50 bits per heavy atom. The number of rotatable bonds is 1. The Balaban J connectivity index is 2.62. The van der Waals surface area contributed by atoms with Crippen LogP contribution in [0, 0.1) is 0 Å². The van der Waals surface area contributed by atoms with E-state index in [-0.39, 0.29) is 6.61 Å². The van der Waals surface area contributed by atoms with Crippen LogP contribution in [0.25, 0.3) is 0 Å². The van der Waals surface area contributed by atoms with Crippen molar-refractivity contribution in [2.75, 3.05) is 6.61 Å². The molecule has 1 aliphatic rings. The second-order valence-electron chi connectivity index (χ2n) is 2.53. The average Bonchev–Trinajstić information content (AvgIpc) is 1.95. The van der Waals surface area contributed by atoms with E-state index in [1.807, 2.05) is 0 Å². The summed E-state index contributed by atoms with van der Waals surface area (Å²) in [5.41, 5.74) is 0.541. The Morgan fingerprint density at radius 2 is 2.20 bits per heavy atom. The summed E-state index contributed by atoms with van der Waals surface area (Å²) in [6.45, 7) is -0.155. The van der Waals surface area contributed by atoms with Gasteiger partial charge in [0.2, 0.25) is 0 Å². The zero-order valence-corrected chi connectivity index (χ0v) is 5.70. The van der Waals surface area contributed by atoms with E-state index in [1.54, 1.807) is 6.08 Å². The van der Waals surface area contributed by atoms with Crippen LogP contribution in [0.15, 0.2) is 11.6 Å². The molecule has 3 heteroatoms. The van der Waals surface area contributed by atoms with E-state index in [4.69, 9.17) is 15.3 Å². The summed E-state index contributed by atoms with van der Waals surface area (Å²) in [6, 6.07) is 0. The highest BCUT2D eigenvalue weighted by Gasteiger charge is 2.22. The van der Waals surface area contributed by atoms with E-state index >= 15 is 0 Å². The number of allylic oxidation sites excluding steroid dienone is 1. The van der Waals surface area contributed by atoms with Crippen molar-refractivity contribution >= 4 is 0 Å². The highest BCUT2D eigenvalue weighted by Crippen LogP contribution is 2.17. The molecule has 0 heterocycles. The molecule has 0 bridgehead atoms. The summed E-state index contributed by atoms with van der Waals surface area (Å²) < 4.78 is 0. The molecule has 0 aliphatic heterocycles. The van der Waals surface area contributed by atoms with E-state index in [1.165, 1.54) is 0 Å². The van der Waals surface area contributed by atoms with E-state index in [0.29, 0.717) is 12.0 Å². The van der Waals surface area contributed by atoms with Crippen LogP contribution in [-0.4, -0.2) is 34.1 Å². The molecule has 0 aromatic rings. The van der Waals surface area contributed by atoms with Gasteiger partial charge >= 0.3 is 0 Å². The Bertz CT molecular complexity index is 142. The first-order valence-electron chi connectivity index (χ1n) is 3.41. The van der Waals surface area contributed by atoms with Crippen LogP contribution in [0.2, 0.25) is 0 Å². The number of hydrogen-bond donors (Lipinski definition) is 3. The predicted molar refractivity (Wildman–Crippen MR) is 36.4 cm³/mol. The molecule has 0 saturated carbocycles. The number of aliphatic hydroxyl groups excluding tert-OH is 3. The van der Waals surface area contributed by atoms with Gasteiger partial charge in [-0.2, -0.15) is 0 Å². The van der Waals surface area contributed by atoms with Crippen LogP contribution in [0.3, 0.4) is 0 Å². The summed E-state index contributed by atoms with van der Waals surface area (Å²) in [7, 11) is 0. The van der Waals surface area contributed by atoms with Crippen molar-refractivity contribution in [3.05, 3.63) is 11.6 Å². The molecule has 0 fully saturated rings. The zero-order valence-electron chi connectivity index (χ0n) is 5.70. The Labute approximate surface area is 59.6 Å². The molecule has 1 aliphatic carbocycles. The van der Waals surface area contributed by atoms with E-state index < -0.39 is 12.2 Å². The van der Waals surface area contributed by atoms with Gasteiger partial charge < -0.3 is 15.3 Å². The lowest BCUT2D eigenvalue weighted by atomic mass is 9.94. The normalized spacial score (nSPS) is 33.7. The van der Waals surface area contributed by atoms with Crippen molar-refractivity contribution in [3.63, 3.8) is 0 Å². The first-order chi connectivity index (χ1) is 4.75. The monoisotopic (exact) mass is 144 g/mol. The first kappa shape index (κ1) is 7.72. The van der Waals surface area contributed by atoms with Crippen molar-refractivity contribution in [2.45, 2.75) is 25.0 Å². The Hall–Kier alpha value is -0.380. The fourth-order valence-electron chi connectivity index (χ4n) is 1.12. The summed E-state index contributed by atoms with van der Waals surface area (Å²) in [4.78, 5) is 0. The molecule has 3 nitrogen and oxygen atoms in total. The van der Waals surface area contributed by atoms with Gasteiger partial charge in [0.1, 0.15) is 6.10 Å². The van der Waals surface area contributed by atoms with E-state index in [9.17, 15) is 0 Å². The lowest BCUT2D eigenvalue weighted by Crippen LogP contribution is -2.31. The third-order valence-electron chi connectivity index (χ3n) is 1.80. The fourth-order valence-corrected chi connectivity index (χ4v) is 1.12. The minimum absolute atomic E-state index is 0.155. The van der Waals surface area contributed by atoms with Gasteiger partial charge in [-0.1, -0.05) is 6.08 Å². The molecule has 1 rings (SSSR count). The highest BCUT2D eigenvalue weighted by atomic mass is 16.3. The fraction of sp³-hybridized carbons (Fsp3) is 0.714.